The van der Waals surface area contributed by atoms with E-state index in [-0.39, 0.29) is 5.91 Å². The second-order valence-corrected chi connectivity index (χ2v) is 4.62. The molecule has 0 spiro atoms. The molecular formula is C15H13ClN4O. The van der Waals surface area contributed by atoms with Crippen LogP contribution in [-0.2, 0) is 0 Å². The van der Waals surface area contributed by atoms with Gasteiger partial charge in [-0.2, -0.15) is 5.26 Å². The van der Waals surface area contributed by atoms with Gasteiger partial charge in [-0.1, -0.05) is 11.6 Å². The summed E-state index contributed by atoms with van der Waals surface area (Å²) < 4.78 is 0. The molecule has 0 aliphatic heterocycles. The zero-order valence-electron chi connectivity index (χ0n) is 11.4. The van der Waals surface area contributed by atoms with E-state index in [1.54, 1.807) is 24.4 Å². The molecule has 1 aromatic carbocycles. The molecule has 2 aromatic rings. The highest BCUT2D eigenvalue weighted by atomic mass is 35.5. The van der Waals surface area contributed by atoms with E-state index in [2.05, 4.69) is 15.6 Å². The van der Waals surface area contributed by atoms with Crippen molar-refractivity contribution in [1.82, 2.24) is 4.98 Å². The summed E-state index contributed by atoms with van der Waals surface area (Å²) in [6, 6.07) is 8.42. The van der Waals surface area contributed by atoms with E-state index in [0.717, 1.165) is 0 Å². The molecule has 0 saturated carbocycles. The monoisotopic (exact) mass is 300 g/mol. The Labute approximate surface area is 127 Å². The zero-order chi connectivity index (χ0) is 15.2. The summed E-state index contributed by atoms with van der Waals surface area (Å²) in [5.74, 6) is -0.314. The Morgan fingerprint density at radius 3 is 2.86 bits per heavy atom. The van der Waals surface area contributed by atoms with Gasteiger partial charge in [-0.05, 0) is 31.2 Å². The van der Waals surface area contributed by atoms with Gasteiger partial charge in [-0.15, -0.1) is 0 Å². The number of rotatable bonds is 4. The number of carbonyl (C=O) groups excluding carboxylic acids is 1. The summed E-state index contributed by atoms with van der Waals surface area (Å²) >= 11 is 6.04. The van der Waals surface area contributed by atoms with Gasteiger partial charge in [0.2, 0.25) is 0 Å². The molecule has 0 aliphatic rings. The van der Waals surface area contributed by atoms with Crippen molar-refractivity contribution in [3.05, 3.63) is 52.8 Å². The molecule has 21 heavy (non-hydrogen) atoms. The van der Waals surface area contributed by atoms with Crippen molar-refractivity contribution < 1.29 is 4.79 Å². The van der Waals surface area contributed by atoms with E-state index in [1.165, 1.54) is 12.3 Å². The highest BCUT2D eigenvalue weighted by Crippen LogP contribution is 2.24. The molecule has 2 rings (SSSR count). The maximum atomic E-state index is 12.3. The lowest BCUT2D eigenvalue weighted by Crippen LogP contribution is -2.15. The normalized spacial score (nSPS) is 9.76. The fourth-order valence-electron chi connectivity index (χ4n) is 1.80. The van der Waals surface area contributed by atoms with Gasteiger partial charge in [0.1, 0.15) is 0 Å². The molecule has 5 nitrogen and oxygen atoms in total. The van der Waals surface area contributed by atoms with Crippen molar-refractivity contribution in [3.8, 4) is 6.07 Å². The van der Waals surface area contributed by atoms with Gasteiger partial charge in [0.15, 0.2) is 0 Å². The number of amides is 1. The van der Waals surface area contributed by atoms with Crippen LogP contribution in [0.1, 0.15) is 22.8 Å². The van der Waals surface area contributed by atoms with Crippen LogP contribution in [0.5, 0.6) is 0 Å². The van der Waals surface area contributed by atoms with E-state index in [0.29, 0.717) is 34.1 Å². The summed E-state index contributed by atoms with van der Waals surface area (Å²) in [6.45, 7) is 2.64. The maximum absolute atomic E-state index is 12.3. The van der Waals surface area contributed by atoms with Gasteiger partial charge in [-0.3, -0.25) is 9.78 Å². The van der Waals surface area contributed by atoms with Gasteiger partial charge in [0.25, 0.3) is 5.91 Å². The average molecular weight is 301 g/mol. The Morgan fingerprint density at radius 2 is 2.19 bits per heavy atom. The number of halogens is 1. The SMILES string of the molecule is CCNc1ccncc1C(=O)Nc1ccc(C#N)cc1Cl. The lowest BCUT2D eigenvalue weighted by atomic mass is 10.2. The van der Waals surface area contributed by atoms with Gasteiger partial charge in [-0.25, -0.2) is 0 Å². The van der Waals surface area contributed by atoms with Gasteiger partial charge < -0.3 is 10.6 Å². The molecule has 0 fully saturated rings. The number of hydrogen-bond acceptors (Lipinski definition) is 4. The highest BCUT2D eigenvalue weighted by Gasteiger charge is 2.13. The number of nitrogens with zero attached hydrogens (tertiary/aromatic N) is 2. The fourth-order valence-corrected chi connectivity index (χ4v) is 2.02. The van der Waals surface area contributed by atoms with E-state index in [4.69, 9.17) is 16.9 Å². The Bertz CT molecular complexity index is 709. The lowest BCUT2D eigenvalue weighted by molar-refractivity contribution is 0.102. The highest BCUT2D eigenvalue weighted by molar-refractivity contribution is 6.34. The van der Waals surface area contributed by atoms with Crippen LogP contribution in [0, 0.1) is 11.3 Å². The Kier molecular flexibility index (Phi) is 4.75. The minimum absolute atomic E-state index is 0.314. The molecule has 6 heteroatoms. The van der Waals surface area contributed by atoms with Crippen LogP contribution in [0.2, 0.25) is 5.02 Å². The van der Waals surface area contributed by atoms with E-state index in [1.807, 2.05) is 13.0 Å². The molecule has 0 unspecified atom stereocenters. The molecule has 1 heterocycles. The summed E-state index contributed by atoms with van der Waals surface area (Å²) in [6.07, 6.45) is 3.11. The zero-order valence-corrected chi connectivity index (χ0v) is 12.1. The Balaban J connectivity index is 2.24. The first kappa shape index (κ1) is 14.8. The molecule has 2 N–H and O–H groups in total. The molecule has 1 aromatic heterocycles. The molecule has 1 amide bonds. The first-order valence-electron chi connectivity index (χ1n) is 6.34. The third kappa shape index (κ3) is 3.50. The average Bonchev–Trinajstić information content (AvgIpc) is 2.50. The molecule has 0 atom stereocenters. The largest absolute Gasteiger partial charge is 0.385 e. The van der Waals surface area contributed by atoms with Crippen LogP contribution in [0.25, 0.3) is 0 Å². The van der Waals surface area contributed by atoms with E-state index >= 15 is 0 Å². The minimum Gasteiger partial charge on any atom is -0.385 e. The number of benzene rings is 1. The van der Waals surface area contributed by atoms with Crippen LogP contribution < -0.4 is 10.6 Å². The standard InChI is InChI=1S/C15H13ClN4O/c1-2-19-13-5-6-18-9-11(13)15(21)20-14-4-3-10(8-17)7-12(14)16/h3-7,9H,2H2,1H3,(H,18,19)(H,20,21). The number of pyridine rings is 1. The van der Waals surface area contributed by atoms with Crippen molar-refractivity contribution in [2.45, 2.75) is 6.92 Å². The summed E-state index contributed by atoms with van der Waals surface area (Å²) in [5.41, 5.74) is 2.02. The van der Waals surface area contributed by atoms with Crippen molar-refractivity contribution in [2.75, 3.05) is 17.2 Å². The summed E-state index contributed by atoms with van der Waals surface area (Å²) in [7, 11) is 0. The smallest absolute Gasteiger partial charge is 0.259 e. The van der Waals surface area contributed by atoms with Crippen LogP contribution in [0.3, 0.4) is 0 Å². The third-order valence-electron chi connectivity index (χ3n) is 2.78. The van der Waals surface area contributed by atoms with Crippen LogP contribution in [0.15, 0.2) is 36.7 Å². The van der Waals surface area contributed by atoms with Gasteiger partial charge >= 0.3 is 0 Å². The second-order valence-electron chi connectivity index (χ2n) is 4.21. The Hall–Kier alpha value is -2.58. The minimum atomic E-state index is -0.314. The predicted molar refractivity (Wildman–Crippen MR) is 82.5 cm³/mol. The maximum Gasteiger partial charge on any atom is 0.259 e. The first-order chi connectivity index (χ1) is 10.2. The van der Waals surface area contributed by atoms with Crippen molar-refractivity contribution >= 4 is 28.9 Å². The molecular weight excluding hydrogens is 288 g/mol. The molecule has 0 aliphatic carbocycles. The number of anilines is 2. The van der Waals surface area contributed by atoms with Crippen LogP contribution in [-0.4, -0.2) is 17.4 Å². The fraction of sp³-hybridized carbons (Fsp3) is 0.133. The van der Waals surface area contributed by atoms with Crippen molar-refractivity contribution in [3.63, 3.8) is 0 Å². The first-order valence-corrected chi connectivity index (χ1v) is 6.72. The van der Waals surface area contributed by atoms with E-state index in [9.17, 15) is 4.79 Å². The second kappa shape index (κ2) is 6.73. The predicted octanol–water partition coefficient (Wildman–Crippen LogP) is 3.29. The number of nitrogens with one attached hydrogen (secondary N) is 2. The number of carbonyl (C=O) groups is 1. The van der Waals surface area contributed by atoms with E-state index < -0.39 is 0 Å². The van der Waals surface area contributed by atoms with Crippen LogP contribution >= 0.6 is 11.6 Å². The number of hydrogen-bond donors (Lipinski definition) is 2. The summed E-state index contributed by atoms with van der Waals surface area (Å²) in [5, 5.41) is 14.9. The lowest BCUT2D eigenvalue weighted by Gasteiger charge is -2.11. The molecule has 0 bridgehead atoms. The quantitative estimate of drug-likeness (QED) is 0.908. The van der Waals surface area contributed by atoms with Crippen molar-refractivity contribution in [1.29, 1.82) is 5.26 Å². The van der Waals surface area contributed by atoms with Crippen molar-refractivity contribution in [2.24, 2.45) is 0 Å². The molecule has 106 valence electrons. The topological polar surface area (TPSA) is 77.8 Å². The summed E-state index contributed by atoms with van der Waals surface area (Å²) in [4.78, 5) is 16.3. The Morgan fingerprint density at radius 1 is 1.38 bits per heavy atom. The third-order valence-corrected chi connectivity index (χ3v) is 3.09. The number of aromatic nitrogens is 1. The molecule has 0 saturated heterocycles. The molecule has 0 radical (unpaired) electrons. The van der Waals surface area contributed by atoms with Gasteiger partial charge in [0.05, 0.1) is 33.6 Å². The van der Waals surface area contributed by atoms with Gasteiger partial charge in [0, 0.05) is 18.9 Å². The van der Waals surface area contributed by atoms with Crippen LogP contribution in [0.4, 0.5) is 11.4 Å². The number of nitriles is 1.